The molecule has 0 spiro atoms. The number of para-hydroxylation sites is 3. The Balaban J connectivity index is 1.70. The van der Waals surface area contributed by atoms with Crippen molar-refractivity contribution in [2.45, 2.75) is 12.6 Å². The van der Waals surface area contributed by atoms with Gasteiger partial charge in [0.05, 0.1) is 12.1 Å². The molecule has 116 valence electrons. The minimum atomic E-state index is -0.249. The highest BCUT2D eigenvalue weighted by atomic mass is 16.1. The van der Waals surface area contributed by atoms with Gasteiger partial charge in [-0.25, -0.2) is 0 Å². The maximum absolute atomic E-state index is 13.0. The number of carbonyl (C=O) groups excluding carboxylic acids is 1. The van der Waals surface area contributed by atoms with E-state index < -0.39 is 0 Å². The van der Waals surface area contributed by atoms with Gasteiger partial charge >= 0.3 is 0 Å². The fourth-order valence-corrected chi connectivity index (χ4v) is 3.80. The Morgan fingerprint density at radius 3 is 2.46 bits per heavy atom. The van der Waals surface area contributed by atoms with E-state index in [1.165, 1.54) is 10.9 Å². The SMILES string of the molecule is O=C1c2cccc3c4ccccc4n(c23)CC1Nc1ccccc1. The van der Waals surface area contributed by atoms with Crippen LogP contribution in [-0.2, 0) is 6.54 Å². The molecule has 1 N–H and O–H groups in total. The number of hydrogen-bond donors (Lipinski definition) is 1. The van der Waals surface area contributed by atoms with Crippen LogP contribution in [0.2, 0.25) is 0 Å². The molecule has 3 aromatic carbocycles. The number of aromatic nitrogens is 1. The first kappa shape index (κ1) is 13.4. The number of nitrogens with zero attached hydrogens (tertiary/aromatic N) is 1. The number of benzene rings is 3. The molecule has 2 heterocycles. The number of Topliss-reactive ketones (excluding diaryl/α,β-unsaturated/α-hetero) is 1. The maximum Gasteiger partial charge on any atom is 0.188 e. The number of nitrogens with one attached hydrogen (secondary N) is 1. The van der Waals surface area contributed by atoms with Crippen LogP contribution in [0.5, 0.6) is 0 Å². The topological polar surface area (TPSA) is 34.0 Å². The van der Waals surface area contributed by atoms with Crippen molar-refractivity contribution in [3.8, 4) is 0 Å². The molecular weight excluding hydrogens is 296 g/mol. The van der Waals surface area contributed by atoms with E-state index in [9.17, 15) is 4.79 Å². The number of rotatable bonds is 2. The summed E-state index contributed by atoms with van der Waals surface area (Å²) in [5, 5.41) is 5.77. The van der Waals surface area contributed by atoms with Crippen molar-refractivity contribution >= 4 is 33.3 Å². The Hall–Kier alpha value is -3.07. The highest BCUT2D eigenvalue weighted by molar-refractivity contribution is 6.19. The Morgan fingerprint density at radius 1 is 0.833 bits per heavy atom. The third-order valence-electron chi connectivity index (χ3n) is 4.85. The molecule has 0 radical (unpaired) electrons. The zero-order valence-electron chi connectivity index (χ0n) is 13.1. The summed E-state index contributed by atoms with van der Waals surface area (Å²) in [6, 6.07) is 24.1. The number of fused-ring (bicyclic) bond motifs is 3. The van der Waals surface area contributed by atoms with Crippen LogP contribution in [0.1, 0.15) is 10.4 Å². The molecule has 1 aliphatic heterocycles. The monoisotopic (exact) mass is 312 g/mol. The van der Waals surface area contributed by atoms with Gasteiger partial charge in [-0.3, -0.25) is 4.79 Å². The molecule has 24 heavy (non-hydrogen) atoms. The number of ketones is 1. The van der Waals surface area contributed by atoms with E-state index in [-0.39, 0.29) is 11.8 Å². The average molecular weight is 312 g/mol. The summed E-state index contributed by atoms with van der Waals surface area (Å²) in [7, 11) is 0. The molecule has 1 aromatic heterocycles. The van der Waals surface area contributed by atoms with Crippen LogP contribution >= 0.6 is 0 Å². The fraction of sp³-hybridized carbons (Fsp3) is 0.0952. The lowest BCUT2D eigenvalue weighted by atomic mass is 9.98. The molecule has 1 unspecified atom stereocenters. The van der Waals surface area contributed by atoms with Crippen LogP contribution in [0, 0.1) is 0 Å². The lowest BCUT2D eigenvalue weighted by Crippen LogP contribution is -2.37. The lowest BCUT2D eigenvalue weighted by Gasteiger charge is -2.25. The molecule has 0 amide bonds. The van der Waals surface area contributed by atoms with Crippen LogP contribution in [0.15, 0.2) is 72.8 Å². The van der Waals surface area contributed by atoms with E-state index in [0.717, 1.165) is 22.2 Å². The minimum absolute atomic E-state index is 0.166. The van der Waals surface area contributed by atoms with Gasteiger partial charge in [-0.15, -0.1) is 0 Å². The lowest BCUT2D eigenvalue weighted by molar-refractivity contribution is 0.0958. The van der Waals surface area contributed by atoms with Gasteiger partial charge in [0.2, 0.25) is 0 Å². The zero-order valence-corrected chi connectivity index (χ0v) is 13.1. The molecule has 0 bridgehead atoms. The quantitative estimate of drug-likeness (QED) is 0.592. The summed E-state index contributed by atoms with van der Waals surface area (Å²) in [6.45, 7) is 0.648. The van der Waals surface area contributed by atoms with Crippen molar-refractivity contribution in [1.29, 1.82) is 0 Å². The van der Waals surface area contributed by atoms with Gasteiger partial charge in [0.15, 0.2) is 5.78 Å². The Labute approximate surface area is 139 Å². The zero-order chi connectivity index (χ0) is 16.1. The average Bonchev–Trinajstić information content (AvgIpc) is 2.95. The van der Waals surface area contributed by atoms with Crippen LogP contribution in [0.25, 0.3) is 21.8 Å². The van der Waals surface area contributed by atoms with Gasteiger partial charge < -0.3 is 9.88 Å². The summed E-state index contributed by atoms with van der Waals surface area (Å²) in [6.07, 6.45) is 0. The molecule has 5 rings (SSSR count). The van der Waals surface area contributed by atoms with Crippen LogP contribution in [0.3, 0.4) is 0 Å². The van der Waals surface area contributed by atoms with Crippen molar-refractivity contribution in [2.75, 3.05) is 5.32 Å². The summed E-state index contributed by atoms with van der Waals surface area (Å²) in [5.74, 6) is 0.166. The first-order chi connectivity index (χ1) is 11.8. The van der Waals surface area contributed by atoms with Gasteiger partial charge in [0.25, 0.3) is 0 Å². The van der Waals surface area contributed by atoms with Crippen molar-refractivity contribution in [2.24, 2.45) is 0 Å². The Morgan fingerprint density at radius 2 is 1.58 bits per heavy atom. The molecule has 0 aliphatic carbocycles. The molecule has 1 aliphatic rings. The van der Waals surface area contributed by atoms with E-state index in [2.05, 4.69) is 40.2 Å². The largest absolute Gasteiger partial charge is 0.374 e. The van der Waals surface area contributed by atoms with Crippen LogP contribution in [0.4, 0.5) is 5.69 Å². The van der Waals surface area contributed by atoms with Gasteiger partial charge in [0, 0.05) is 27.5 Å². The van der Waals surface area contributed by atoms with E-state index in [1.807, 2.05) is 42.5 Å². The number of carbonyl (C=O) groups is 1. The van der Waals surface area contributed by atoms with Gasteiger partial charge in [-0.05, 0) is 24.3 Å². The first-order valence-corrected chi connectivity index (χ1v) is 8.19. The predicted molar refractivity (Wildman–Crippen MR) is 97.6 cm³/mol. The normalized spacial score (nSPS) is 16.7. The summed E-state index contributed by atoms with van der Waals surface area (Å²) < 4.78 is 2.28. The molecule has 0 fully saturated rings. The Kier molecular flexibility index (Phi) is 2.77. The molecule has 1 atom stereocenters. The smallest absolute Gasteiger partial charge is 0.188 e. The highest BCUT2D eigenvalue weighted by Crippen LogP contribution is 2.35. The van der Waals surface area contributed by atoms with E-state index in [1.54, 1.807) is 0 Å². The van der Waals surface area contributed by atoms with E-state index >= 15 is 0 Å². The number of hydrogen-bond acceptors (Lipinski definition) is 2. The maximum atomic E-state index is 13.0. The van der Waals surface area contributed by atoms with E-state index in [0.29, 0.717) is 6.54 Å². The fourth-order valence-electron chi connectivity index (χ4n) is 3.80. The van der Waals surface area contributed by atoms with Crippen LogP contribution in [-0.4, -0.2) is 16.4 Å². The summed E-state index contributed by atoms with van der Waals surface area (Å²) >= 11 is 0. The van der Waals surface area contributed by atoms with Crippen molar-refractivity contribution in [1.82, 2.24) is 4.57 Å². The third kappa shape index (κ3) is 1.81. The third-order valence-corrected chi connectivity index (χ3v) is 4.85. The molecule has 3 heteroatoms. The van der Waals surface area contributed by atoms with Crippen molar-refractivity contribution in [3.63, 3.8) is 0 Å². The van der Waals surface area contributed by atoms with Gasteiger partial charge in [0.1, 0.15) is 6.04 Å². The standard InChI is InChI=1S/C21H16N2O/c24-21-17-11-6-10-16-15-9-4-5-12-19(15)23(20(16)17)13-18(21)22-14-7-2-1-3-8-14/h1-12,18,22H,13H2. The minimum Gasteiger partial charge on any atom is -0.374 e. The second kappa shape index (κ2) is 4.96. The van der Waals surface area contributed by atoms with Gasteiger partial charge in [-0.1, -0.05) is 48.5 Å². The second-order valence-electron chi connectivity index (χ2n) is 6.26. The van der Waals surface area contributed by atoms with Crippen molar-refractivity contribution in [3.05, 3.63) is 78.4 Å². The molecule has 4 aromatic rings. The highest BCUT2D eigenvalue weighted by Gasteiger charge is 2.30. The number of anilines is 1. The molecular formula is C21H16N2O. The van der Waals surface area contributed by atoms with E-state index in [4.69, 9.17) is 0 Å². The Bertz CT molecular complexity index is 1080. The summed E-state index contributed by atoms with van der Waals surface area (Å²) in [4.78, 5) is 13.0. The molecule has 0 saturated heterocycles. The van der Waals surface area contributed by atoms with Crippen molar-refractivity contribution < 1.29 is 4.79 Å². The van der Waals surface area contributed by atoms with Gasteiger partial charge in [-0.2, -0.15) is 0 Å². The molecule has 3 nitrogen and oxygen atoms in total. The first-order valence-electron chi connectivity index (χ1n) is 8.19. The predicted octanol–water partition coefficient (Wildman–Crippen LogP) is 4.47. The summed E-state index contributed by atoms with van der Waals surface area (Å²) in [5.41, 5.74) is 4.04. The second-order valence-corrected chi connectivity index (χ2v) is 6.26. The van der Waals surface area contributed by atoms with Crippen LogP contribution < -0.4 is 5.32 Å². The molecule has 0 saturated carbocycles.